The first-order chi connectivity index (χ1) is 40.7. The highest BCUT2D eigenvalue weighted by Gasteiger charge is 2.23. The molecule has 0 aliphatic rings. The second-order valence-electron chi connectivity index (χ2n) is 21.2. The van der Waals surface area contributed by atoms with Crippen LogP contribution in [0.2, 0.25) is 0 Å². The predicted molar refractivity (Wildman–Crippen MR) is 339 cm³/mol. The molecule has 0 atom stereocenters. The van der Waals surface area contributed by atoms with Crippen LogP contribution in [0, 0.1) is 0 Å². The lowest BCUT2D eigenvalue weighted by Crippen LogP contribution is -2.04. The first-order valence-electron chi connectivity index (χ1n) is 27.8. The quantitative estimate of drug-likeness (QED) is 0.152. The SMILES string of the molecule is c1ccc(-c2nc(-c3ccc(-c4ccc(-n5c6ccccc6c6ccc(-n7c8ccccc8c8ccccc87)cc65)c(-n5c6ccccc6c6ccccc65)c4)cc3)nc(-c3cccc(-n4c5ccccc5c5ccccc54)c3)n2)cc1. The molecular formula is C75H47N7. The molecule has 382 valence electrons. The second kappa shape index (κ2) is 18.2. The van der Waals surface area contributed by atoms with E-state index in [1.54, 1.807) is 0 Å². The van der Waals surface area contributed by atoms with Gasteiger partial charge in [-0.05, 0) is 90.0 Å². The van der Waals surface area contributed by atoms with Gasteiger partial charge in [-0.2, -0.15) is 0 Å². The van der Waals surface area contributed by atoms with Crippen molar-refractivity contribution >= 4 is 87.2 Å². The minimum Gasteiger partial charge on any atom is -0.309 e. The van der Waals surface area contributed by atoms with Gasteiger partial charge in [0.05, 0.1) is 55.5 Å². The number of benzene rings is 12. The Morgan fingerprint density at radius 3 is 1.00 bits per heavy atom. The Morgan fingerprint density at radius 1 is 0.183 bits per heavy atom. The van der Waals surface area contributed by atoms with Gasteiger partial charge >= 0.3 is 0 Å². The van der Waals surface area contributed by atoms with Gasteiger partial charge in [-0.3, -0.25) is 0 Å². The molecule has 5 heterocycles. The van der Waals surface area contributed by atoms with Gasteiger partial charge in [0, 0.05) is 71.2 Å². The summed E-state index contributed by atoms with van der Waals surface area (Å²) >= 11 is 0. The van der Waals surface area contributed by atoms with Crippen molar-refractivity contribution in [2.75, 3.05) is 0 Å². The predicted octanol–water partition coefficient (Wildman–Crippen LogP) is 18.9. The van der Waals surface area contributed by atoms with Crippen molar-refractivity contribution in [3.63, 3.8) is 0 Å². The zero-order chi connectivity index (χ0) is 53.8. The Kier molecular flexibility index (Phi) is 10.2. The van der Waals surface area contributed by atoms with Gasteiger partial charge in [-0.1, -0.05) is 206 Å². The Bertz CT molecular complexity index is 5250. The highest BCUT2D eigenvalue weighted by molar-refractivity contribution is 6.14. The molecule has 0 radical (unpaired) electrons. The Labute approximate surface area is 471 Å². The summed E-state index contributed by atoms with van der Waals surface area (Å²) in [4.78, 5) is 15.6. The average molecular weight is 1050 g/mol. The van der Waals surface area contributed by atoms with Crippen LogP contribution in [0.15, 0.2) is 285 Å². The first-order valence-corrected chi connectivity index (χ1v) is 27.8. The van der Waals surface area contributed by atoms with Crippen LogP contribution < -0.4 is 0 Å². The summed E-state index contributed by atoms with van der Waals surface area (Å²) in [6.45, 7) is 0. The highest BCUT2D eigenvalue weighted by Crippen LogP contribution is 2.42. The molecule has 0 unspecified atom stereocenters. The van der Waals surface area contributed by atoms with E-state index in [4.69, 9.17) is 15.0 Å². The molecule has 17 aromatic rings. The molecule has 17 rings (SSSR count). The summed E-state index contributed by atoms with van der Waals surface area (Å²) in [5, 5.41) is 9.72. The van der Waals surface area contributed by atoms with Crippen LogP contribution in [0.5, 0.6) is 0 Å². The number of aromatic nitrogens is 7. The second-order valence-corrected chi connectivity index (χ2v) is 21.2. The van der Waals surface area contributed by atoms with Crippen LogP contribution in [0.3, 0.4) is 0 Å². The fourth-order valence-electron chi connectivity index (χ4n) is 13.0. The number of hydrogen-bond acceptors (Lipinski definition) is 3. The van der Waals surface area contributed by atoms with Gasteiger partial charge in [0.15, 0.2) is 17.5 Å². The summed E-state index contributed by atoms with van der Waals surface area (Å²) in [6, 6.07) is 102. The van der Waals surface area contributed by atoms with Crippen molar-refractivity contribution in [1.29, 1.82) is 0 Å². The van der Waals surface area contributed by atoms with E-state index in [9.17, 15) is 0 Å². The van der Waals surface area contributed by atoms with Gasteiger partial charge in [-0.25, -0.2) is 15.0 Å². The Balaban J connectivity index is 0.829. The van der Waals surface area contributed by atoms with Crippen molar-refractivity contribution in [3.8, 4) is 68.0 Å². The standard InChI is InChI=1S/C75H47N7/c1-2-19-49(20-3-1)73-76-74(78-75(77-73)52-21-18-22-53(45-52)79-63-30-11-4-23-55(63)56-24-5-12-31-64(56)79)50-39-37-48(38-40-50)51-41-44-70(72(46-51)81-67-34-15-8-27-59(67)60-28-9-16-35-68(60)81)82-69-36-17-10-29-61(69)62-43-42-54(47-71(62)82)80-65-32-13-6-25-57(65)58-26-7-14-33-66(58)80/h1-47H. The van der Waals surface area contributed by atoms with E-state index in [1.807, 2.05) is 18.2 Å². The van der Waals surface area contributed by atoms with E-state index in [-0.39, 0.29) is 0 Å². The summed E-state index contributed by atoms with van der Waals surface area (Å²) < 4.78 is 9.69. The van der Waals surface area contributed by atoms with Crippen molar-refractivity contribution in [1.82, 2.24) is 33.2 Å². The van der Waals surface area contributed by atoms with E-state index in [0.29, 0.717) is 17.5 Å². The van der Waals surface area contributed by atoms with Crippen LogP contribution in [0.4, 0.5) is 0 Å². The summed E-state index contributed by atoms with van der Waals surface area (Å²) in [5.74, 6) is 1.82. The minimum atomic E-state index is 0.602. The zero-order valence-corrected chi connectivity index (χ0v) is 44.3. The largest absolute Gasteiger partial charge is 0.309 e. The third-order valence-electron chi connectivity index (χ3n) is 16.6. The lowest BCUT2D eigenvalue weighted by atomic mass is 10.0. The molecule has 7 heteroatoms. The molecule has 5 aromatic heterocycles. The molecule has 0 saturated heterocycles. The summed E-state index contributed by atoms with van der Waals surface area (Å²) in [6.07, 6.45) is 0. The maximum atomic E-state index is 5.26. The summed E-state index contributed by atoms with van der Waals surface area (Å²) in [7, 11) is 0. The van der Waals surface area contributed by atoms with E-state index in [2.05, 4.69) is 285 Å². The highest BCUT2D eigenvalue weighted by atomic mass is 15.1. The van der Waals surface area contributed by atoms with Gasteiger partial charge in [0.1, 0.15) is 0 Å². The molecule has 82 heavy (non-hydrogen) atoms. The first kappa shape index (κ1) is 45.8. The van der Waals surface area contributed by atoms with Gasteiger partial charge < -0.3 is 18.3 Å². The number of fused-ring (bicyclic) bond motifs is 12. The molecule has 0 N–H and O–H groups in total. The van der Waals surface area contributed by atoms with Crippen LogP contribution in [0.25, 0.3) is 155 Å². The van der Waals surface area contributed by atoms with E-state index in [1.165, 1.54) is 54.1 Å². The summed E-state index contributed by atoms with van der Waals surface area (Å²) in [5.41, 5.74) is 18.4. The van der Waals surface area contributed by atoms with Crippen molar-refractivity contribution in [3.05, 3.63) is 285 Å². The number of nitrogens with zero attached hydrogens (tertiary/aromatic N) is 7. The number of para-hydroxylation sites is 7. The number of hydrogen-bond donors (Lipinski definition) is 0. The maximum Gasteiger partial charge on any atom is 0.164 e. The monoisotopic (exact) mass is 1050 g/mol. The van der Waals surface area contributed by atoms with Gasteiger partial charge in [-0.15, -0.1) is 0 Å². The molecule has 0 saturated carbocycles. The van der Waals surface area contributed by atoms with Crippen LogP contribution in [0.1, 0.15) is 0 Å². The molecule has 0 spiro atoms. The van der Waals surface area contributed by atoms with Crippen molar-refractivity contribution in [2.45, 2.75) is 0 Å². The molecule has 7 nitrogen and oxygen atoms in total. The fraction of sp³-hybridized carbons (Fsp3) is 0. The van der Waals surface area contributed by atoms with Crippen molar-refractivity contribution in [2.24, 2.45) is 0 Å². The van der Waals surface area contributed by atoms with Crippen molar-refractivity contribution < 1.29 is 0 Å². The topological polar surface area (TPSA) is 58.4 Å². The molecule has 0 bridgehead atoms. The Morgan fingerprint density at radius 2 is 0.524 bits per heavy atom. The number of rotatable bonds is 8. The van der Waals surface area contributed by atoms with Crippen LogP contribution in [-0.2, 0) is 0 Å². The third kappa shape index (κ3) is 7.06. The molecule has 0 amide bonds. The molecule has 12 aromatic carbocycles. The Hall–Kier alpha value is -11.2. The molecule has 0 aliphatic heterocycles. The third-order valence-corrected chi connectivity index (χ3v) is 16.6. The smallest absolute Gasteiger partial charge is 0.164 e. The normalized spacial score (nSPS) is 11.9. The van der Waals surface area contributed by atoms with E-state index in [0.717, 1.165) is 83.7 Å². The van der Waals surface area contributed by atoms with Gasteiger partial charge in [0.2, 0.25) is 0 Å². The lowest BCUT2D eigenvalue weighted by Gasteiger charge is -2.19. The zero-order valence-electron chi connectivity index (χ0n) is 44.3. The average Bonchev–Trinajstić information content (AvgIpc) is 3.21. The van der Waals surface area contributed by atoms with Crippen LogP contribution in [-0.4, -0.2) is 33.2 Å². The van der Waals surface area contributed by atoms with E-state index >= 15 is 0 Å². The van der Waals surface area contributed by atoms with E-state index < -0.39 is 0 Å². The minimum absolute atomic E-state index is 0.602. The lowest BCUT2D eigenvalue weighted by molar-refractivity contribution is 1.07. The molecule has 0 fully saturated rings. The van der Waals surface area contributed by atoms with Crippen LogP contribution >= 0.6 is 0 Å². The fourth-order valence-corrected chi connectivity index (χ4v) is 13.0. The van der Waals surface area contributed by atoms with Gasteiger partial charge in [0.25, 0.3) is 0 Å². The molecule has 0 aliphatic carbocycles. The maximum absolute atomic E-state index is 5.26. The molecular weight excluding hydrogens is 999 g/mol.